The standard InChI is InChI=1S/C14H18N4O2/c1-7-5-11(19)12(9(3)16-7)14(20)18-10(4)13-15-6-8(2)17-13/h5-6,10H,1-4H3,(H,15,17)(H,16,19)(H,18,20)/t10-/m0/s1. The first-order valence-corrected chi connectivity index (χ1v) is 6.41. The van der Waals surface area contributed by atoms with E-state index in [9.17, 15) is 9.59 Å². The Balaban J connectivity index is 2.23. The molecule has 0 aliphatic carbocycles. The Kier molecular flexibility index (Phi) is 3.74. The van der Waals surface area contributed by atoms with Crippen molar-refractivity contribution in [3.8, 4) is 0 Å². The van der Waals surface area contributed by atoms with Gasteiger partial charge in [-0.3, -0.25) is 9.59 Å². The second kappa shape index (κ2) is 5.32. The molecule has 106 valence electrons. The SMILES string of the molecule is Cc1cnc([C@H](C)NC(=O)c2c(C)[nH]c(C)cc2=O)[nH]1. The molecule has 0 bridgehead atoms. The predicted molar refractivity (Wildman–Crippen MR) is 75.7 cm³/mol. The number of aryl methyl sites for hydroxylation is 3. The van der Waals surface area contributed by atoms with Crippen LogP contribution in [0, 0.1) is 20.8 Å². The zero-order chi connectivity index (χ0) is 14.9. The number of imidazole rings is 1. The number of carbonyl (C=O) groups is 1. The summed E-state index contributed by atoms with van der Waals surface area (Å²) in [6, 6.07) is 1.13. The predicted octanol–water partition coefficient (Wildman–Crippen LogP) is 1.51. The minimum atomic E-state index is -0.398. The molecule has 6 nitrogen and oxygen atoms in total. The number of aromatic amines is 2. The van der Waals surface area contributed by atoms with Crippen LogP contribution in [0.2, 0.25) is 0 Å². The highest BCUT2D eigenvalue weighted by Gasteiger charge is 2.18. The molecule has 1 atom stereocenters. The summed E-state index contributed by atoms with van der Waals surface area (Å²) in [5, 5.41) is 2.77. The Labute approximate surface area is 116 Å². The highest BCUT2D eigenvalue weighted by atomic mass is 16.2. The van der Waals surface area contributed by atoms with E-state index in [1.165, 1.54) is 6.07 Å². The lowest BCUT2D eigenvalue weighted by Crippen LogP contribution is -2.32. The maximum atomic E-state index is 12.2. The number of carbonyl (C=O) groups excluding carboxylic acids is 1. The van der Waals surface area contributed by atoms with Gasteiger partial charge in [-0.05, 0) is 27.7 Å². The van der Waals surface area contributed by atoms with Gasteiger partial charge in [0.05, 0.1) is 6.04 Å². The molecule has 0 saturated heterocycles. The molecular weight excluding hydrogens is 256 g/mol. The fourth-order valence-corrected chi connectivity index (χ4v) is 2.12. The third kappa shape index (κ3) is 2.79. The van der Waals surface area contributed by atoms with Gasteiger partial charge < -0.3 is 15.3 Å². The molecule has 1 amide bonds. The van der Waals surface area contributed by atoms with E-state index in [0.29, 0.717) is 11.5 Å². The van der Waals surface area contributed by atoms with Crippen LogP contribution in [0.5, 0.6) is 0 Å². The van der Waals surface area contributed by atoms with E-state index in [1.807, 2.05) is 13.8 Å². The Morgan fingerprint density at radius 2 is 1.95 bits per heavy atom. The van der Waals surface area contributed by atoms with Crippen LogP contribution in [0.25, 0.3) is 0 Å². The average Bonchev–Trinajstić information content (AvgIpc) is 2.74. The summed E-state index contributed by atoms with van der Waals surface area (Å²) in [4.78, 5) is 34.4. The van der Waals surface area contributed by atoms with E-state index < -0.39 is 5.91 Å². The molecule has 0 spiro atoms. The van der Waals surface area contributed by atoms with Gasteiger partial charge in [0.1, 0.15) is 11.4 Å². The van der Waals surface area contributed by atoms with Gasteiger partial charge >= 0.3 is 0 Å². The summed E-state index contributed by atoms with van der Waals surface area (Å²) in [6.07, 6.45) is 1.70. The Hall–Kier alpha value is -2.37. The van der Waals surface area contributed by atoms with Crippen molar-refractivity contribution < 1.29 is 4.79 Å². The van der Waals surface area contributed by atoms with E-state index in [0.717, 1.165) is 11.4 Å². The highest BCUT2D eigenvalue weighted by molar-refractivity contribution is 5.95. The van der Waals surface area contributed by atoms with Crippen molar-refractivity contribution in [3.63, 3.8) is 0 Å². The maximum absolute atomic E-state index is 12.2. The normalized spacial score (nSPS) is 12.2. The van der Waals surface area contributed by atoms with E-state index in [-0.39, 0.29) is 17.0 Å². The number of hydrogen-bond acceptors (Lipinski definition) is 3. The number of pyridine rings is 1. The third-order valence-corrected chi connectivity index (χ3v) is 3.06. The lowest BCUT2D eigenvalue weighted by Gasteiger charge is -2.12. The molecule has 2 heterocycles. The van der Waals surface area contributed by atoms with E-state index in [4.69, 9.17) is 0 Å². The molecule has 2 aromatic heterocycles. The highest BCUT2D eigenvalue weighted by Crippen LogP contribution is 2.09. The lowest BCUT2D eigenvalue weighted by atomic mass is 10.1. The Morgan fingerprint density at radius 1 is 1.25 bits per heavy atom. The molecule has 0 unspecified atom stereocenters. The van der Waals surface area contributed by atoms with Crippen molar-refractivity contribution in [2.45, 2.75) is 33.7 Å². The van der Waals surface area contributed by atoms with E-state index in [1.54, 1.807) is 20.0 Å². The van der Waals surface area contributed by atoms with Crippen LogP contribution < -0.4 is 10.7 Å². The van der Waals surface area contributed by atoms with Crippen molar-refractivity contribution in [2.24, 2.45) is 0 Å². The first-order chi connectivity index (χ1) is 9.38. The quantitative estimate of drug-likeness (QED) is 0.792. The molecule has 6 heteroatoms. The minimum absolute atomic E-state index is 0.144. The van der Waals surface area contributed by atoms with E-state index >= 15 is 0 Å². The number of hydrogen-bond donors (Lipinski definition) is 3. The number of H-pyrrole nitrogens is 2. The van der Waals surface area contributed by atoms with Crippen LogP contribution in [0.4, 0.5) is 0 Å². The van der Waals surface area contributed by atoms with Crippen LogP contribution in [0.15, 0.2) is 17.1 Å². The van der Waals surface area contributed by atoms with Crippen LogP contribution in [0.1, 0.15) is 46.2 Å². The first kappa shape index (κ1) is 14.0. The fourth-order valence-electron chi connectivity index (χ4n) is 2.12. The molecule has 0 aromatic carbocycles. The fraction of sp³-hybridized carbons (Fsp3) is 0.357. The van der Waals surface area contributed by atoms with Gasteiger partial charge in [-0.15, -0.1) is 0 Å². The number of nitrogens with zero attached hydrogens (tertiary/aromatic N) is 1. The summed E-state index contributed by atoms with van der Waals surface area (Å²) < 4.78 is 0. The van der Waals surface area contributed by atoms with Gasteiger partial charge in [0.2, 0.25) is 0 Å². The van der Waals surface area contributed by atoms with Crippen molar-refractivity contribution in [1.82, 2.24) is 20.3 Å². The zero-order valence-corrected chi connectivity index (χ0v) is 12.0. The van der Waals surface area contributed by atoms with Gasteiger partial charge in [0.25, 0.3) is 5.91 Å². The largest absolute Gasteiger partial charge is 0.362 e. The Morgan fingerprint density at radius 3 is 2.50 bits per heavy atom. The summed E-state index contributed by atoms with van der Waals surface area (Å²) in [5.74, 6) is 0.266. The molecule has 2 rings (SSSR count). The van der Waals surface area contributed by atoms with Gasteiger partial charge in [-0.2, -0.15) is 0 Å². The van der Waals surface area contributed by atoms with Crippen molar-refractivity contribution in [2.75, 3.05) is 0 Å². The second-order valence-corrected chi connectivity index (χ2v) is 4.96. The molecule has 0 saturated carbocycles. The molecule has 3 N–H and O–H groups in total. The molecule has 2 aromatic rings. The van der Waals surface area contributed by atoms with Crippen LogP contribution in [-0.2, 0) is 0 Å². The Bertz CT molecular complexity index is 699. The maximum Gasteiger partial charge on any atom is 0.257 e. The number of nitrogens with one attached hydrogen (secondary N) is 3. The van der Waals surface area contributed by atoms with E-state index in [2.05, 4.69) is 20.3 Å². The monoisotopic (exact) mass is 274 g/mol. The van der Waals surface area contributed by atoms with Gasteiger partial charge in [-0.25, -0.2) is 4.98 Å². The first-order valence-electron chi connectivity index (χ1n) is 6.41. The van der Waals surface area contributed by atoms with Gasteiger partial charge in [-0.1, -0.05) is 0 Å². The van der Waals surface area contributed by atoms with Crippen molar-refractivity contribution in [1.29, 1.82) is 0 Å². The van der Waals surface area contributed by atoms with Crippen molar-refractivity contribution in [3.05, 3.63) is 51.0 Å². The molecule has 0 fully saturated rings. The minimum Gasteiger partial charge on any atom is -0.362 e. The molecule has 0 aliphatic rings. The van der Waals surface area contributed by atoms with Crippen molar-refractivity contribution >= 4 is 5.91 Å². The van der Waals surface area contributed by atoms with Crippen LogP contribution in [-0.4, -0.2) is 20.9 Å². The summed E-state index contributed by atoms with van der Waals surface area (Å²) >= 11 is 0. The number of amides is 1. The number of aromatic nitrogens is 3. The summed E-state index contributed by atoms with van der Waals surface area (Å²) in [7, 11) is 0. The number of rotatable bonds is 3. The topological polar surface area (TPSA) is 90.6 Å². The molecular formula is C14H18N4O2. The second-order valence-electron chi connectivity index (χ2n) is 4.96. The van der Waals surface area contributed by atoms with Crippen LogP contribution in [0.3, 0.4) is 0 Å². The zero-order valence-electron chi connectivity index (χ0n) is 12.0. The molecule has 0 aliphatic heterocycles. The molecule has 20 heavy (non-hydrogen) atoms. The average molecular weight is 274 g/mol. The van der Waals surface area contributed by atoms with Gasteiger partial charge in [0, 0.05) is 29.3 Å². The summed E-state index contributed by atoms with van der Waals surface area (Å²) in [6.45, 7) is 7.20. The van der Waals surface area contributed by atoms with Gasteiger partial charge in [0.15, 0.2) is 5.43 Å². The summed E-state index contributed by atoms with van der Waals surface area (Å²) in [5.41, 5.74) is 2.09. The van der Waals surface area contributed by atoms with Crippen LogP contribution >= 0.6 is 0 Å². The smallest absolute Gasteiger partial charge is 0.257 e. The third-order valence-electron chi connectivity index (χ3n) is 3.06. The lowest BCUT2D eigenvalue weighted by molar-refractivity contribution is 0.0936. The molecule has 0 radical (unpaired) electrons.